The highest BCUT2D eigenvalue weighted by molar-refractivity contribution is 7.10. The Kier molecular flexibility index (Phi) is 7.37. The Hall–Kier alpha value is -1.07. The summed E-state index contributed by atoms with van der Waals surface area (Å²) in [5.74, 6) is 2.16. The molecular formula is C18H32N4S. The van der Waals surface area contributed by atoms with E-state index in [4.69, 9.17) is 0 Å². The summed E-state index contributed by atoms with van der Waals surface area (Å²) in [5.41, 5.74) is 0. The van der Waals surface area contributed by atoms with E-state index in [1.54, 1.807) is 0 Å². The van der Waals surface area contributed by atoms with Crippen LogP contribution in [0.2, 0.25) is 0 Å². The summed E-state index contributed by atoms with van der Waals surface area (Å²) in [6.07, 6.45) is 2.63. The minimum Gasteiger partial charge on any atom is -0.356 e. The van der Waals surface area contributed by atoms with Gasteiger partial charge in [-0.2, -0.15) is 0 Å². The summed E-state index contributed by atoms with van der Waals surface area (Å²) in [7, 11) is 1.85. The Morgan fingerprint density at radius 1 is 1.39 bits per heavy atom. The van der Waals surface area contributed by atoms with Crippen molar-refractivity contribution in [2.24, 2.45) is 10.9 Å². The summed E-state index contributed by atoms with van der Waals surface area (Å²) < 4.78 is 0. The number of guanidine groups is 1. The topological polar surface area (TPSA) is 39.7 Å². The molecule has 0 bridgehead atoms. The largest absolute Gasteiger partial charge is 0.356 e. The highest BCUT2D eigenvalue weighted by atomic mass is 32.1. The van der Waals surface area contributed by atoms with Crippen molar-refractivity contribution in [3.8, 4) is 0 Å². The molecule has 1 aromatic rings. The average Bonchev–Trinajstić information content (AvgIpc) is 3.09. The zero-order chi connectivity index (χ0) is 16.7. The van der Waals surface area contributed by atoms with Gasteiger partial charge in [-0.25, -0.2) is 0 Å². The predicted octanol–water partition coefficient (Wildman–Crippen LogP) is 3.14. The van der Waals surface area contributed by atoms with Crippen LogP contribution in [0, 0.1) is 5.92 Å². The van der Waals surface area contributed by atoms with Gasteiger partial charge in [-0.05, 0) is 50.6 Å². The fraction of sp³-hybridized carbons (Fsp3) is 0.722. The third-order valence-corrected chi connectivity index (χ3v) is 5.77. The molecule has 2 atom stereocenters. The molecular weight excluding hydrogens is 304 g/mol. The molecule has 1 fully saturated rings. The first-order chi connectivity index (χ1) is 11.1. The molecule has 1 aromatic heterocycles. The van der Waals surface area contributed by atoms with Crippen molar-refractivity contribution in [3.05, 3.63) is 22.4 Å². The number of nitrogens with zero attached hydrogens (tertiary/aromatic N) is 2. The lowest BCUT2D eigenvalue weighted by atomic mass is 9.97. The van der Waals surface area contributed by atoms with Gasteiger partial charge >= 0.3 is 0 Å². The normalized spacial score (nSPS) is 21.4. The first-order valence-electron chi connectivity index (χ1n) is 8.82. The van der Waals surface area contributed by atoms with Gasteiger partial charge in [0.05, 0.1) is 0 Å². The van der Waals surface area contributed by atoms with Crippen LogP contribution in [0.4, 0.5) is 0 Å². The molecule has 4 nitrogen and oxygen atoms in total. The molecule has 1 aliphatic heterocycles. The number of piperidine rings is 1. The second-order valence-electron chi connectivity index (χ2n) is 6.85. The minimum atomic E-state index is 0.514. The molecule has 2 heterocycles. The van der Waals surface area contributed by atoms with E-state index in [2.05, 4.69) is 58.8 Å². The molecule has 0 amide bonds. The number of hydrogen-bond donors (Lipinski definition) is 2. The Bertz CT molecular complexity index is 469. The number of likely N-dealkylation sites (tertiary alicyclic amines) is 1. The van der Waals surface area contributed by atoms with Gasteiger partial charge in [0.2, 0.25) is 0 Å². The van der Waals surface area contributed by atoms with E-state index in [1.165, 1.54) is 30.8 Å². The lowest BCUT2D eigenvalue weighted by Gasteiger charge is -2.35. The Labute approximate surface area is 145 Å². The van der Waals surface area contributed by atoms with Crippen LogP contribution in [0.15, 0.2) is 22.5 Å². The molecule has 0 saturated carbocycles. The number of rotatable bonds is 6. The van der Waals surface area contributed by atoms with Crippen LogP contribution in [0.25, 0.3) is 0 Å². The van der Waals surface area contributed by atoms with Crippen molar-refractivity contribution >= 4 is 17.3 Å². The van der Waals surface area contributed by atoms with Crippen molar-refractivity contribution in [3.63, 3.8) is 0 Å². The zero-order valence-corrected chi connectivity index (χ0v) is 15.8. The third-order valence-electron chi connectivity index (χ3n) is 4.67. The maximum absolute atomic E-state index is 4.36. The SMILES string of the molecule is CN=C(NCC1CCCN(C(C)C)C1)NCC(C)c1cccs1. The van der Waals surface area contributed by atoms with E-state index >= 15 is 0 Å². The van der Waals surface area contributed by atoms with E-state index in [-0.39, 0.29) is 0 Å². The molecule has 23 heavy (non-hydrogen) atoms. The van der Waals surface area contributed by atoms with Crippen LogP contribution >= 0.6 is 11.3 Å². The molecule has 0 radical (unpaired) electrons. The monoisotopic (exact) mass is 336 g/mol. The van der Waals surface area contributed by atoms with Crippen LogP contribution in [-0.4, -0.2) is 50.1 Å². The van der Waals surface area contributed by atoms with E-state index in [0.29, 0.717) is 12.0 Å². The number of thiophene rings is 1. The molecule has 2 N–H and O–H groups in total. The molecule has 0 aromatic carbocycles. The molecule has 0 spiro atoms. The Morgan fingerprint density at radius 3 is 2.87 bits per heavy atom. The molecule has 1 saturated heterocycles. The Balaban J connectivity index is 1.72. The lowest BCUT2D eigenvalue weighted by molar-refractivity contribution is 0.141. The van der Waals surface area contributed by atoms with Crippen molar-refractivity contribution in [1.82, 2.24) is 15.5 Å². The fourth-order valence-corrected chi connectivity index (χ4v) is 3.90. The number of hydrogen-bond acceptors (Lipinski definition) is 3. The zero-order valence-electron chi connectivity index (χ0n) is 15.0. The van der Waals surface area contributed by atoms with Gasteiger partial charge in [0.25, 0.3) is 0 Å². The van der Waals surface area contributed by atoms with Crippen LogP contribution < -0.4 is 10.6 Å². The highest BCUT2D eigenvalue weighted by Crippen LogP contribution is 2.20. The van der Waals surface area contributed by atoms with Gasteiger partial charge in [-0.15, -0.1) is 11.3 Å². The van der Waals surface area contributed by atoms with Crippen LogP contribution in [-0.2, 0) is 0 Å². The molecule has 2 unspecified atom stereocenters. The molecule has 1 aliphatic rings. The Morgan fingerprint density at radius 2 is 2.22 bits per heavy atom. The smallest absolute Gasteiger partial charge is 0.191 e. The quantitative estimate of drug-likeness (QED) is 0.619. The molecule has 130 valence electrons. The van der Waals surface area contributed by atoms with Crippen molar-refractivity contribution in [2.75, 3.05) is 33.2 Å². The van der Waals surface area contributed by atoms with Gasteiger partial charge in [-0.1, -0.05) is 13.0 Å². The minimum absolute atomic E-state index is 0.514. The highest BCUT2D eigenvalue weighted by Gasteiger charge is 2.21. The summed E-state index contributed by atoms with van der Waals surface area (Å²) in [6, 6.07) is 4.98. The lowest BCUT2D eigenvalue weighted by Crippen LogP contribution is -2.46. The van der Waals surface area contributed by atoms with E-state index in [9.17, 15) is 0 Å². The summed E-state index contributed by atoms with van der Waals surface area (Å²) >= 11 is 1.82. The maximum Gasteiger partial charge on any atom is 0.191 e. The molecule has 2 rings (SSSR count). The second kappa shape index (κ2) is 9.28. The van der Waals surface area contributed by atoms with Crippen molar-refractivity contribution in [2.45, 2.75) is 45.6 Å². The van der Waals surface area contributed by atoms with Gasteiger partial charge in [0.1, 0.15) is 0 Å². The van der Waals surface area contributed by atoms with E-state index < -0.39 is 0 Å². The first-order valence-corrected chi connectivity index (χ1v) is 9.70. The predicted molar refractivity (Wildman–Crippen MR) is 102 cm³/mol. The van der Waals surface area contributed by atoms with E-state index in [0.717, 1.165) is 25.0 Å². The number of aliphatic imine (C=N–C) groups is 1. The van der Waals surface area contributed by atoms with Crippen molar-refractivity contribution < 1.29 is 0 Å². The van der Waals surface area contributed by atoms with Gasteiger partial charge in [0, 0.05) is 43.5 Å². The van der Waals surface area contributed by atoms with Gasteiger partial charge < -0.3 is 15.5 Å². The summed E-state index contributed by atoms with van der Waals surface area (Å²) in [5, 5.41) is 9.12. The van der Waals surface area contributed by atoms with Gasteiger partial charge in [0.15, 0.2) is 5.96 Å². The second-order valence-corrected chi connectivity index (χ2v) is 7.83. The molecule has 0 aliphatic carbocycles. The average molecular weight is 337 g/mol. The van der Waals surface area contributed by atoms with Crippen LogP contribution in [0.3, 0.4) is 0 Å². The molecule has 5 heteroatoms. The van der Waals surface area contributed by atoms with Crippen LogP contribution in [0.1, 0.15) is 44.4 Å². The fourth-order valence-electron chi connectivity index (χ4n) is 3.12. The standard InChI is InChI=1S/C18H32N4S/c1-14(2)22-9-5-7-16(13-22)12-21-18(19-4)20-11-15(3)17-8-6-10-23-17/h6,8,10,14-16H,5,7,9,11-13H2,1-4H3,(H2,19,20,21). The third kappa shape index (κ3) is 5.81. The van der Waals surface area contributed by atoms with Gasteiger partial charge in [-0.3, -0.25) is 4.99 Å². The summed E-state index contributed by atoms with van der Waals surface area (Å²) in [4.78, 5) is 8.38. The van der Waals surface area contributed by atoms with Crippen LogP contribution in [0.5, 0.6) is 0 Å². The first kappa shape index (κ1) is 18.3. The van der Waals surface area contributed by atoms with E-state index in [1.807, 2.05) is 18.4 Å². The number of nitrogens with one attached hydrogen (secondary N) is 2. The maximum atomic E-state index is 4.36. The summed E-state index contributed by atoms with van der Waals surface area (Å²) in [6.45, 7) is 11.2. The van der Waals surface area contributed by atoms with Crippen molar-refractivity contribution in [1.29, 1.82) is 0 Å².